The lowest BCUT2D eigenvalue weighted by molar-refractivity contribution is 0.595. The van der Waals surface area contributed by atoms with Gasteiger partial charge in [0.15, 0.2) is 10.7 Å². The van der Waals surface area contributed by atoms with Crippen molar-refractivity contribution in [2.75, 3.05) is 0 Å². The SMILES string of the molecule is O=[SH](=O)c1coc2cc(Cl)ccc12. The number of fused-ring (bicyclic) bond motifs is 1. The van der Waals surface area contributed by atoms with Crippen molar-refractivity contribution in [1.29, 1.82) is 0 Å². The number of furan rings is 1. The Bertz CT molecular complexity index is 519. The van der Waals surface area contributed by atoms with Crippen LogP contribution in [0.1, 0.15) is 0 Å². The van der Waals surface area contributed by atoms with Gasteiger partial charge in [-0.3, -0.25) is 0 Å². The zero-order chi connectivity index (χ0) is 9.42. The van der Waals surface area contributed by atoms with Gasteiger partial charge in [-0.15, -0.1) is 0 Å². The molecule has 0 bridgehead atoms. The molecule has 0 N–H and O–H groups in total. The summed E-state index contributed by atoms with van der Waals surface area (Å²) < 4.78 is 26.4. The van der Waals surface area contributed by atoms with Gasteiger partial charge in [0.1, 0.15) is 16.7 Å². The summed E-state index contributed by atoms with van der Waals surface area (Å²) in [5.74, 6) is 0. The molecule has 1 aromatic carbocycles. The maximum absolute atomic E-state index is 10.7. The molecule has 0 aliphatic carbocycles. The Morgan fingerprint density at radius 3 is 2.77 bits per heavy atom. The first kappa shape index (κ1) is 8.59. The zero-order valence-corrected chi connectivity index (χ0v) is 8.01. The lowest BCUT2D eigenvalue weighted by Crippen LogP contribution is -1.75. The Balaban J connectivity index is 2.83. The molecule has 1 aromatic heterocycles. The highest BCUT2D eigenvalue weighted by Gasteiger charge is 2.07. The topological polar surface area (TPSA) is 47.3 Å². The van der Waals surface area contributed by atoms with Crippen LogP contribution in [-0.4, -0.2) is 8.42 Å². The molecule has 0 radical (unpaired) electrons. The van der Waals surface area contributed by atoms with Gasteiger partial charge < -0.3 is 4.42 Å². The summed E-state index contributed by atoms with van der Waals surface area (Å²) in [4.78, 5) is 0.196. The maximum atomic E-state index is 10.7. The molecule has 0 unspecified atom stereocenters. The Labute approximate surface area is 80.9 Å². The number of benzene rings is 1. The van der Waals surface area contributed by atoms with Crippen molar-refractivity contribution >= 4 is 33.3 Å². The molecule has 2 rings (SSSR count). The van der Waals surface area contributed by atoms with Gasteiger partial charge in [-0.05, 0) is 12.1 Å². The normalized spacial score (nSPS) is 11.2. The van der Waals surface area contributed by atoms with Gasteiger partial charge in [-0.2, -0.15) is 0 Å². The third-order valence-corrected chi connectivity index (χ3v) is 2.69. The van der Waals surface area contributed by atoms with Crippen molar-refractivity contribution in [2.45, 2.75) is 4.90 Å². The third kappa shape index (κ3) is 1.43. The predicted molar refractivity (Wildman–Crippen MR) is 49.8 cm³/mol. The maximum Gasteiger partial charge on any atom is 0.172 e. The first-order chi connectivity index (χ1) is 6.18. The van der Waals surface area contributed by atoms with Crippen molar-refractivity contribution in [3.8, 4) is 0 Å². The van der Waals surface area contributed by atoms with Crippen molar-refractivity contribution in [2.24, 2.45) is 0 Å². The van der Waals surface area contributed by atoms with Gasteiger partial charge in [0.05, 0.1) is 0 Å². The second-order valence-corrected chi connectivity index (χ2v) is 3.95. The Kier molecular flexibility index (Phi) is 2.01. The summed E-state index contributed by atoms with van der Waals surface area (Å²) in [6, 6.07) is 4.84. The van der Waals surface area contributed by atoms with Gasteiger partial charge in [0.2, 0.25) is 0 Å². The summed E-state index contributed by atoms with van der Waals surface area (Å²) in [5, 5.41) is 1.09. The molecule has 2 aromatic rings. The van der Waals surface area contributed by atoms with E-state index in [4.69, 9.17) is 16.0 Å². The number of rotatable bonds is 1. The van der Waals surface area contributed by atoms with Crippen LogP contribution >= 0.6 is 11.6 Å². The molecule has 0 saturated carbocycles. The smallest absolute Gasteiger partial charge is 0.172 e. The van der Waals surface area contributed by atoms with Crippen LogP contribution in [0.5, 0.6) is 0 Å². The predicted octanol–water partition coefficient (Wildman–Crippen LogP) is 2.06. The highest BCUT2D eigenvalue weighted by Crippen LogP contribution is 2.24. The third-order valence-electron chi connectivity index (χ3n) is 1.71. The molecule has 13 heavy (non-hydrogen) atoms. The minimum absolute atomic E-state index is 0.196. The van der Waals surface area contributed by atoms with E-state index in [1.165, 1.54) is 6.26 Å². The number of hydrogen-bond acceptors (Lipinski definition) is 3. The Morgan fingerprint density at radius 2 is 2.08 bits per heavy atom. The lowest BCUT2D eigenvalue weighted by Gasteiger charge is -1.89. The molecule has 0 aliphatic heterocycles. The van der Waals surface area contributed by atoms with Gasteiger partial charge in [0.25, 0.3) is 0 Å². The van der Waals surface area contributed by atoms with Crippen LogP contribution in [0.2, 0.25) is 5.02 Å². The number of hydrogen-bond donors (Lipinski definition) is 1. The van der Waals surface area contributed by atoms with Crippen LogP contribution in [0.25, 0.3) is 11.0 Å². The summed E-state index contributed by atoms with van der Waals surface area (Å²) in [7, 11) is -2.60. The van der Waals surface area contributed by atoms with E-state index in [2.05, 4.69) is 0 Å². The van der Waals surface area contributed by atoms with E-state index in [0.29, 0.717) is 16.0 Å². The molecule has 0 aliphatic rings. The van der Waals surface area contributed by atoms with Gasteiger partial charge in [-0.1, -0.05) is 11.6 Å². The fourth-order valence-electron chi connectivity index (χ4n) is 1.13. The molecule has 0 spiro atoms. The van der Waals surface area contributed by atoms with Crippen molar-refractivity contribution in [3.05, 3.63) is 29.5 Å². The lowest BCUT2D eigenvalue weighted by atomic mass is 10.3. The molecule has 1 heterocycles. The number of thiol groups is 1. The van der Waals surface area contributed by atoms with Crippen LogP contribution in [-0.2, 0) is 10.7 Å². The summed E-state index contributed by atoms with van der Waals surface area (Å²) in [6.07, 6.45) is 1.21. The molecular formula is C8H5ClO3S. The van der Waals surface area contributed by atoms with Crippen molar-refractivity contribution in [3.63, 3.8) is 0 Å². The van der Waals surface area contributed by atoms with Gasteiger partial charge >= 0.3 is 0 Å². The minimum atomic E-state index is -2.60. The largest absolute Gasteiger partial charge is 0.463 e. The molecule has 0 fully saturated rings. The van der Waals surface area contributed by atoms with Crippen LogP contribution in [0.15, 0.2) is 33.8 Å². The first-order valence-corrected chi connectivity index (χ1v) is 5.05. The molecule has 0 amide bonds. The fourth-order valence-corrected chi connectivity index (χ4v) is 1.81. The average molecular weight is 217 g/mol. The van der Waals surface area contributed by atoms with Crippen LogP contribution in [0, 0.1) is 0 Å². The van der Waals surface area contributed by atoms with E-state index in [1.54, 1.807) is 18.2 Å². The van der Waals surface area contributed by atoms with Crippen molar-refractivity contribution < 1.29 is 12.8 Å². The van der Waals surface area contributed by atoms with E-state index in [0.717, 1.165) is 0 Å². The van der Waals surface area contributed by atoms with Crippen LogP contribution in [0.4, 0.5) is 0 Å². The summed E-state index contributed by atoms with van der Waals surface area (Å²) >= 11 is 5.70. The summed E-state index contributed by atoms with van der Waals surface area (Å²) in [5.41, 5.74) is 0.488. The van der Waals surface area contributed by atoms with Crippen LogP contribution in [0.3, 0.4) is 0 Å². The van der Waals surface area contributed by atoms with E-state index < -0.39 is 10.7 Å². The standard InChI is InChI=1S/C8H5ClO3S/c9-5-1-2-6-7(3-5)12-4-8(6)13(10)11/h1-4,13H. The highest BCUT2D eigenvalue weighted by molar-refractivity contribution is 7.72. The molecular weight excluding hydrogens is 212 g/mol. The Morgan fingerprint density at radius 1 is 1.31 bits per heavy atom. The van der Waals surface area contributed by atoms with E-state index in [-0.39, 0.29) is 4.90 Å². The number of halogens is 1. The van der Waals surface area contributed by atoms with Gasteiger partial charge in [-0.25, -0.2) is 8.42 Å². The van der Waals surface area contributed by atoms with Gasteiger partial charge in [0, 0.05) is 16.5 Å². The average Bonchev–Trinajstić information content (AvgIpc) is 2.46. The second-order valence-electron chi connectivity index (χ2n) is 2.52. The Hall–Kier alpha value is -1.00. The molecule has 3 nitrogen and oxygen atoms in total. The summed E-state index contributed by atoms with van der Waals surface area (Å²) in [6.45, 7) is 0. The highest BCUT2D eigenvalue weighted by atomic mass is 35.5. The first-order valence-electron chi connectivity index (χ1n) is 3.49. The molecule has 0 atom stereocenters. The molecule has 68 valence electrons. The zero-order valence-electron chi connectivity index (χ0n) is 6.36. The second kappa shape index (κ2) is 3.05. The van der Waals surface area contributed by atoms with Crippen molar-refractivity contribution in [1.82, 2.24) is 0 Å². The monoisotopic (exact) mass is 216 g/mol. The molecule has 0 saturated heterocycles. The quantitative estimate of drug-likeness (QED) is 0.743. The van der Waals surface area contributed by atoms with E-state index >= 15 is 0 Å². The molecule has 5 heteroatoms. The van der Waals surface area contributed by atoms with Crippen LogP contribution < -0.4 is 0 Å². The fraction of sp³-hybridized carbons (Fsp3) is 0. The van der Waals surface area contributed by atoms with E-state index in [1.807, 2.05) is 0 Å². The minimum Gasteiger partial charge on any atom is -0.463 e. The van der Waals surface area contributed by atoms with E-state index in [9.17, 15) is 8.42 Å².